The van der Waals surface area contributed by atoms with Crippen LogP contribution >= 0.6 is 11.3 Å². The van der Waals surface area contributed by atoms with E-state index < -0.39 is 0 Å². The molecule has 0 aromatic carbocycles. The summed E-state index contributed by atoms with van der Waals surface area (Å²) < 4.78 is 6.20. The van der Waals surface area contributed by atoms with Crippen molar-refractivity contribution in [1.82, 2.24) is 9.88 Å². The summed E-state index contributed by atoms with van der Waals surface area (Å²) in [5.41, 5.74) is 1.21. The van der Waals surface area contributed by atoms with Gasteiger partial charge >= 0.3 is 0 Å². The minimum atomic E-state index is 0.112. The lowest BCUT2D eigenvalue weighted by molar-refractivity contribution is 0.0201. The molecule has 1 saturated heterocycles. The highest BCUT2D eigenvalue weighted by Gasteiger charge is 2.39. The van der Waals surface area contributed by atoms with Crippen LogP contribution in [-0.2, 0) is 11.2 Å². The number of aromatic nitrogens is 1. The molecule has 0 spiro atoms. The lowest BCUT2D eigenvalue weighted by atomic mass is 10.0. The molecule has 0 radical (unpaired) electrons. The van der Waals surface area contributed by atoms with Gasteiger partial charge in [-0.05, 0) is 60.7 Å². The first-order chi connectivity index (χ1) is 11.8. The molecule has 1 amide bonds. The fourth-order valence-electron chi connectivity index (χ4n) is 3.36. The number of amides is 1. The van der Waals surface area contributed by atoms with E-state index in [4.69, 9.17) is 4.74 Å². The number of hydrogen-bond donors (Lipinski definition) is 0. The average Bonchev–Trinajstić information content (AvgIpc) is 3.12. The summed E-state index contributed by atoms with van der Waals surface area (Å²) in [5.74, 6) is 0.884. The maximum absolute atomic E-state index is 12.9. The second-order valence-corrected chi connectivity index (χ2v) is 7.65. The van der Waals surface area contributed by atoms with E-state index in [2.05, 4.69) is 4.98 Å². The summed E-state index contributed by atoms with van der Waals surface area (Å²) in [6.07, 6.45) is 8.11. The Hall–Kier alpha value is -1.72. The third-order valence-electron chi connectivity index (χ3n) is 4.91. The van der Waals surface area contributed by atoms with Crippen LogP contribution in [-0.4, -0.2) is 41.1 Å². The quantitative estimate of drug-likeness (QED) is 0.808. The van der Waals surface area contributed by atoms with E-state index in [-0.39, 0.29) is 18.1 Å². The fourth-order valence-corrected chi connectivity index (χ4v) is 4.04. The highest BCUT2D eigenvalue weighted by molar-refractivity contribution is 7.12. The molecule has 3 heterocycles. The van der Waals surface area contributed by atoms with Crippen LogP contribution in [0.15, 0.2) is 42.0 Å². The van der Waals surface area contributed by atoms with Crippen molar-refractivity contribution in [3.8, 4) is 0 Å². The van der Waals surface area contributed by atoms with Crippen molar-refractivity contribution in [3.63, 3.8) is 0 Å². The first-order valence-corrected chi connectivity index (χ1v) is 9.54. The van der Waals surface area contributed by atoms with Gasteiger partial charge in [0.25, 0.3) is 5.91 Å². The van der Waals surface area contributed by atoms with Crippen molar-refractivity contribution in [3.05, 3.63) is 52.5 Å². The van der Waals surface area contributed by atoms with E-state index in [1.54, 1.807) is 0 Å². The van der Waals surface area contributed by atoms with Gasteiger partial charge < -0.3 is 9.64 Å². The zero-order valence-electron chi connectivity index (χ0n) is 13.6. The monoisotopic (exact) mass is 342 g/mol. The fraction of sp³-hybridized carbons (Fsp3) is 0.474. The lowest BCUT2D eigenvalue weighted by Gasteiger charge is -2.28. The Morgan fingerprint density at radius 3 is 2.79 bits per heavy atom. The van der Waals surface area contributed by atoms with Crippen LogP contribution in [0, 0.1) is 5.92 Å². The number of carbonyl (C=O) groups excluding carboxylic acids is 1. The SMILES string of the molecule is O=C(c1cccs1)N1CC[C@@H](OCC2CC2)[C@@H]1Cc1ccncc1. The number of rotatable bonds is 6. The molecular formula is C19H22N2O2S. The molecule has 2 atom stereocenters. The van der Waals surface area contributed by atoms with E-state index in [1.807, 2.05) is 46.9 Å². The number of carbonyl (C=O) groups is 1. The second-order valence-electron chi connectivity index (χ2n) is 6.71. The van der Waals surface area contributed by atoms with Gasteiger partial charge in [0.15, 0.2) is 0 Å². The van der Waals surface area contributed by atoms with Gasteiger partial charge in [0.1, 0.15) is 0 Å². The van der Waals surface area contributed by atoms with Crippen molar-refractivity contribution in [2.45, 2.75) is 37.8 Å². The second kappa shape index (κ2) is 7.03. The molecule has 2 aromatic rings. The van der Waals surface area contributed by atoms with Crippen molar-refractivity contribution >= 4 is 17.2 Å². The lowest BCUT2D eigenvalue weighted by Crippen LogP contribution is -2.41. The van der Waals surface area contributed by atoms with Crippen LogP contribution in [0.3, 0.4) is 0 Å². The number of thiophene rings is 1. The van der Waals surface area contributed by atoms with E-state index in [1.165, 1.54) is 29.7 Å². The topological polar surface area (TPSA) is 42.4 Å². The van der Waals surface area contributed by atoms with Gasteiger partial charge in [0.2, 0.25) is 0 Å². The number of nitrogens with zero attached hydrogens (tertiary/aromatic N) is 2. The minimum absolute atomic E-state index is 0.112. The van der Waals surface area contributed by atoms with Crippen LogP contribution < -0.4 is 0 Å². The summed E-state index contributed by atoms with van der Waals surface area (Å²) in [5, 5.41) is 1.96. The van der Waals surface area contributed by atoms with Crippen LogP contribution in [0.1, 0.15) is 34.5 Å². The zero-order chi connectivity index (χ0) is 16.4. The average molecular weight is 342 g/mol. The molecule has 0 unspecified atom stereocenters. The van der Waals surface area contributed by atoms with Crippen LogP contribution in [0.25, 0.3) is 0 Å². The molecule has 1 aliphatic heterocycles. The third kappa shape index (κ3) is 3.52. The maximum atomic E-state index is 12.9. The van der Waals surface area contributed by atoms with Gasteiger partial charge in [0, 0.05) is 25.5 Å². The summed E-state index contributed by atoms with van der Waals surface area (Å²) in [4.78, 5) is 19.8. The molecule has 2 fully saturated rings. The van der Waals surface area contributed by atoms with E-state index in [9.17, 15) is 4.79 Å². The maximum Gasteiger partial charge on any atom is 0.264 e. The molecule has 4 rings (SSSR count). The smallest absolute Gasteiger partial charge is 0.264 e. The number of likely N-dealkylation sites (tertiary alicyclic amines) is 1. The Bertz CT molecular complexity index is 670. The molecule has 24 heavy (non-hydrogen) atoms. The Kier molecular flexibility index (Phi) is 4.63. The molecule has 4 nitrogen and oxygen atoms in total. The van der Waals surface area contributed by atoms with Crippen molar-refractivity contribution in [1.29, 1.82) is 0 Å². The first kappa shape index (κ1) is 15.8. The molecule has 5 heteroatoms. The predicted octanol–water partition coefficient (Wildman–Crippen LogP) is 3.40. The van der Waals surface area contributed by atoms with Gasteiger partial charge in [-0.15, -0.1) is 11.3 Å². The standard InChI is InChI=1S/C19H22N2O2S/c22-19(18-2-1-11-24-18)21-10-7-17(23-13-15-3-4-15)16(21)12-14-5-8-20-9-6-14/h1-2,5-6,8-9,11,15-17H,3-4,7,10,12-13H2/t16-,17+/m0/s1. The summed E-state index contributed by atoms with van der Waals surface area (Å²) in [6.45, 7) is 1.63. The molecular weight excluding hydrogens is 320 g/mol. The van der Waals surface area contributed by atoms with Gasteiger partial charge in [-0.25, -0.2) is 0 Å². The third-order valence-corrected chi connectivity index (χ3v) is 5.77. The van der Waals surface area contributed by atoms with E-state index in [0.717, 1.165) is 36.8 Å². The van der Waals surface area contributed by atoms with E-state index >= 15 is 0 Å². The highest BCUT2D eigenvalue weighted by atomic mass is 32.1. The Morgan fingerprint density at radius 2 is 2.08 bits per heavy atom. The number of ether oxygens (including phenoxy) is 1. The molecule has 2 aromatic heterocycles. The van der Waals surface area contributed by atoms with Crippen LogP contribution in [0.2, 0.25) is 0 Å². The first-order valence-electron chi connectivity index (χ1n) is 8.66. The van der Waals surface area contributed by atoms with Crippen LogP contribution in [0.4, 0.5) is 0 Å². The van der Waals surface area contributed by atoms with Gasteiger partial charge in [-0.2, -0.15) is 0 Å². The summed E-state index contributed by atoms with van der Waals surface area (Å²) >= 11 is 1.51. The molecule has 1 aliphatic carbocycles. The number of hydrogen-bond acceptors (Lipinski definition) is 4. The van der Waals surface area contributed by atoms with E-state index in [0.29, 0.717) is 0 Å². The molecule has 0 N–H and O–H groups in total. The Labute approximate surface area is 146 Å². The largest absolute Gasteiger partial charge is 0.376 e. The van der Waals surface area contributed by atoms with Crippen molar-refractivity contribution in [2.75, 3.05) is 13.2 Å². The van der Waals surface area contributed by atoms with Crippen LogP contribution in [0.5, 0.6) is 0 Å². The van der Waals surface area contributed by atoms with Gasteiger partial charge in [-0.1, -0.05) is 6.07 Å². The molecule has 2 aliphatic rings. The van der Waals surface area contributed by atoms with Crippen molar-refractivity contribution < 1.29 is 9.53 Å². The highest BCUT2D eigenvalue weighted by Crippen LogP contribution is 2.32. The predicted molar refractivity (Wildman–Crippen MR) is 94.2 cm³/mol. The molecule has 1 saturated carbocycles. The van der Waals surface area contributed by atoms with Gasteiger partial charge in [-0.3, -0.25) is 9.78 Å². The Balaban J connectivity index is 1.51. The summed E-state index contributed by atoms with van der Waals surface area (Å²) in [7, 11) is 0. The molecule has 126 valence electrons. The van der Waals surface area contributed by atoms with Crippen molar-refractivity contribution in [2.24, 2.45) is 5.92 Å². The minimum Gasteiger partial charge on any atom is -0.376 e. The normalized spacial score (nSPS) is 23.6. The zero-order valence-corrected chi connectivity index (χ0v) is 14.5. The Morgan fingerprint density at radius 1 is 1.25 bits per heavy atom. The summed E-state index contributed by atoms with van der Waals surface area (Å²) in [6, 6.07) is 8.02. The molecule has 0 bridgehead atoms. The number of pyridine rings is 1. The van der Waals surface area contributed by atoms with Gasteiger partial charge in [0.05, 0.1) is 17.0 Å².